The summed E-state index contributed by atoms with van der Waals surface area (Å²) in [5.41, 5.74) is 6.27. The molecule has 0 aliphatic heterocycles. The number of nitrogens with zero attached hydrogens (tertiary/aromatic N) is 2. The van der Waals surface area contributed by atoms with Crippen molar-refractivity contribution in [2.45, 2.75) is 20.8 Å². The molecular formula is C35H24N2O6. The first kappa shape index (κ1) is 29.9. The van der Waals surface area contributed by atoms with Crippen LogP contribution in [-0.4, -0.2) is 22.4 Å². The number of rotatable bonds is 6. The highest BCUT2D eigenvalue weighted by Crippen LogP contribution is 2.27. The van der Waals surface area contributed by atoms with Crippen LogP contribution in [-0.2, 0) is 9.59 Å². The van der Waals surface area contributed by atoms with Crippen LogP contribution in [0.2, 0.25) is 0 Å². The third kappa shape index (κ3) is 6.97. The minimum Gasteiger partial charge on any atom is -0.298 e. The minimum atomic E-state index is -0.829. The number of benzene rings is 4. The number of aldehydes is 2. The Kier molecular flexibility index (Phi) is 9.05. The summed E-state index contributed by atoms with van der Waals surface area (Å²) in [6, 6.07) is 21.1. The summed E-state index contributed by atoms with van der Waals surface area (Å²) in [6.45, 7) is 6.19. The topological polar surface area (TPSA) is 120 Å². The Morgan fingerprint density at radius 1 is 0.558 bits per heavy atom. The summed E-state index contributed by atoms with van der Waals surface area (Å²) < 4.78 is 0. The van der Waals surface area contributed by atoms with Crippen LogP contribution in [0.4, 0.5) is 11.4 Å². The molecular weight excluding hydrogens is 544 g/mol. The van der Waals surface area contributed by atoms with Crippen LogP contribution in [0.25, 0.3) is 11.1 Å². The molecule has 0 radical (unpaired) electrons. The van der Waals surface area contributed by atoms with Crippen LogP contribution in [0.1, 0.15) is 50.1 Å². The van der Waals surface area contributed by atoms with Gasteiger partial charge < -0.3 is 0 Å². The Balaban J connectivity index is 1.58. The number of hydrogen-bond acceptors (Lipinski definition) is 6. The van der Waals surface area contributed by atoms with Gasteiger partial charge in [0.1, 0.15) is 0 Å². The zero-order valence-corrected chi connectivity index (χ0v) is 23.5. The average molecular weight is 569 g/mol. The van der Waals surface area contributed by atoms with Crippen molar-refractivity contribution in [3.05, 3.63) is 149 Å². The molecule has 4 aromatic rings. The molecule has 0 fully saturated rings. The predicted octanol–water partition coefficient (Wildman–Crippen LogP) is 6.54. The number of carbonyl (C=O) groups excluding carboxylic acids is 2. The fraction of sp³-hybridized carbons (Fsp3) is 0.0857. The van der Waals surface area contributed by atoms with Crippen molar-refractivity contribution < 1.29 is 19.4 Å². The molecule has 0 bridgehead atoms. The Morgan fingerprint density at radius 2 is 0.953 bits per heavy atom. The van der Waals surface area contributed by atoms with Crippen molar-refractivity contribution in [1.29, 1.82) is 0 Å². The zero-order valence-electron chi connectivity index (χ0n) is 23.5. The summed E-state index contributed by atoms with van der Waals surface area (Å²) in [7, 11) is 0. The van der Waals surface area contributed by atoms with Crippen LogP contribution in [0, 0.1) is 64.7 Å². The van der Waals surface area contributed by atoms with E-state index in [4.69, 9.17) is 0 Å². The number of nitro groups is 2. The van der Waals surface area contributed by atoms with E-state index in [0.717, 1.165) is 23.3 Å². The van der Waals surface area contributed by atoms with E-state index in [1.807, 2.05) is 12.1 Å². The molecule has 4 rings (SSSR count). The number of nitro benzene ring substituents is 2. The van der Waals surface area contributed by atoms with Gasteiger partial charge >= 0.3 is 11.4 Å². The first-order valence-electron chi connectivity index (χ1n) is 13.0. The third-order valence-corrected chi connectivity index (χ3v) is 6.92. The summed E-state index contributed by atoms with van der Waals surface area (Å²) in [5, 5.41) is 22.2. The Hall–Kier alpha value is -6.12. The van der Waals surface area contributed by atoms with Gasteiger partial charge in [0, 0.05) is 45.5 Å². The van der Waals surface area contributed by atoms with Crippen molar-refractivity contribution >= 4 is 35.1 Å². The number of hydrogen-bond donors (Lipinski definition) is 0. The molecule has 0 atom stereocenters. The molecule has 0 aliphatic rings. The second kappa shape index (κ2) is 13.0. The van der Waals surface area contributed by atoms with Crippen molar-refractivity contribution in [1.82, 2.24) is 0 Å². The molecule has 43 heavy (non-hydrogen) atoms. The average Bonchev–Trinajstić information content (AvgIpc) is 3.00. The SMILES string of the molecule is Cc1cc(C#Cc2ccc(/C(C=O)=C(\C=O)c3ccc(C#Cc4ccc([N+](=O)[O-])c([N+](=O)[O-])c4)cc3)cc2)cc(C)c1C. The zero-order chi connectivity index (χ0) is 31.1. The molecule has 210 valence electrons. The highest BCUT2D eigenvalue weighted by Gasteiger charge is 2.23. The Bertz CT molecular complexity index is 1910. The summed E-state index contributed by atoms with van der Waals surface area (Å²) in [4.78, 5) is 44.7. The lowest BCUT2D eigenvalue weighted by molar-refractivity contribution is -0.422. The molecule has 0 aromatic heterocycles. The number of aryl methyl sites for hydroxylation is 2. The lowest BCUT2D eigenvalue weighted by atomic mass is 9.95. The molecule has 8 heteroatoms. The van der Waals surface area contributed by atoms with Crippen LogP contribution >= 0.6 is 0 Å². The molecule has 8 nitrogen and oxygen atoms in total. The molecule has 4 aromatic carbocycles. The van der Waals surface area contributed by atoms with Gasteiger partial charge in [-0.3, -0.25) is 29.8 Å². The van der Waals surface area contributed by atoms with Gasteiger partial charge in [0.15, 0.2) is 12.6 Å². The lowest BCUT2D eigenvalue weighted by Gasteiger charge is -2.07. The fourth-order valence-electron chi connectivity index (χ4n) is 4.34. The second-order valence-electron chi connectivity index (χ2n) is 9.67. The van der Waals surface area contributed by atoms with E-state index in [0.29, 0.717) is 29.3 Å². The molecule has 0 unspecified atom stereocenters. The highest BCUT2D eigenvalue weighted by atomic mass is 16.6. The molecule has 0 N–H and O–H groups in total. The van der Waals surface area contributed by atoms with Gasteiger partial charge in [-0.05, 0) is 91.1 Å². The van der Waals surface area contributed by atoms with Crippen LogP contribution in [0.5, 0.6) is 0 Å². The molecule has 0 amide bonds. The fourth-order valence-corrected chi connectivity index (χ4v) is 4.34. The van der Waals surface area contributed by atoms with E-state index < -0.39 is 21.2 Å². The van der Waals surface area contributed by atoms with Crippen LogP contribution < -0.4 is 0 Å². The first-order chi connectivity index (χ1) is 20.6. The van der Waals surface area contributed by atoms with Gasteiger partial charge in [0.05, 0.1) is 9.85 Å². The quantitative estimate of drug-likeness (QED) is 0.0651. The molecule has 0 spiro atoms. The van der Waals surface area contributed by atoms with Crippen molar-refractivity contribution in [2.24, 2.45) is 0 Å². The number of carbonyl (C=O) groups is 2. The van der Waals surface area contributed by atoms with Crippen molar-refractivity contribution in [2.75, 3.05) is 0 Å². The molecule has 0 aliphatic carbocycles. The third-order valence-electron chi connectivity index (χ3n) is 6.92. The van der Waals surface area contributed by atoms with E-state index >= 15 is 0 Å². The largest absolute Gasteiger partial charge is 0.347 e. The van der Waals surface area contributed by atoms with Crippen molar-refractivity contribution in [3.8, 4) is 23.7 Å². The maximum Gasteiger partial charge on any atom is 0.347 e. The highest BCUT2D eigenvalue weighted by molar-refractivity contribution is 6.29. The maximum absolute atomic E-state index is 12.1. The normalized spacial score (nSPS) is 10.8. The van der Waals surface area contributed by atoms with E-state index in [2.05, 4.69) is 44.5 Å². The van der Waals surface area contributed by atoms with E-state index in [9.17, 15) is 29.8 Å². The maximum atomic E-state index is 12.1. The van der Waals surface area contributed by atoms with Gasteiger partial charge in [0.2, 0.25) is 0 Å². The van der Waals surface area contributed by atoms with Crippen LogP contribution in [0.15, 0.2) is 78.9 Å². The smallest absolute Gasteiger partial charge is 0.298 e. The predicted molar refractivity (Wildman–Crippen MR) is 164 cm³/mol. The summed E-state index contributed by atoms with van der Waals surface area (Å²) in [5.74, 6) is 11.9. The monoisotopic (exact) mass is 568 g/mol. The van der Waals surface area contributed by atoms with Gasteiger partial charge in [0.25, 0.3) is 0 Å². The number of allylic oxidation sites excluding steroid dienone is 2. The summed E-state index contributed by atoms with van der Waals surface area (Å²) >= 11 is 0. The first-order valence-corrected chi connectivity index (χ1v) is 13.0. The van der Waals surface area contributed by atoms with Crippen molar-refractivity contribution in [3.63, 3.8) is 0 Å². The lowest BCUT2D eigenvalue weighted by Crippen LogP contribution is -1.97. The van der Waals surface area contributed by atoms with E-state index in [1.54, 1.807) is 48.5 Å². The van der Waals surface area contributed by atoms with Gasteiger partial charge in [-0.1, -0.05) is 47.9 Å². The van der Waals surface area contributed by atoms with Crippen LogP contribution in [0.3, 0.4) is 0 Å². The van der Waals surface area contributed by atoms with Gasteiger partial charge in [-0.2, -0.15) is 0 Å². The Labute approximate surface area is 248 Å². The van der Waals surface area contributed by atoms with Gasteiger partial charge in [-0.15, -0.1) is 0 Å². The van der Waals surface area contributed by atoms with E-state index in [1.165, 1.54) is 22.8 Å². The molecule has 0 saturated heterocycles. The molecule has 0 heterocycles. The molecule has 0 saturated carbocycles. The summed E-state index contributed by atoms with van der Waals surface area (Å²) in [6.07, 6.45) is 1.26. The minimum absolute atomic E-state index is 0.199. The Morgan fingerprint density at radius 3 is 1.37 bits per heavy atom. The standard InChI is InChI=1S/C35H24N2O6/c1-23-18-29(19-24(2)25(23)3)7-5-27-10-15-31(16-11-27)33(22-39)32(21-38)30-13-8-26(9-14-30)4-6-28-12-17-34(36(40)41)35(20-28)37(42)43/h8-22H,1-3H3/b33-32+. The van der Waals surface area contributed by atoms with E-state index in [-0.39, 0.29) is 16.7 Å². The second-order valence-corrected chi connectivity index (χ2v) is 9.67. The van der Waals surface area contributed by atoms with Gasteiger partial charge in [-0.25, -0.2) is 0 Å².